The standard InChI is InChI=1S/C16H22N2O/c1-16(2)14-10-17-9-13(14)11-18(16)15(19)8-12-6-4-3-5-7-12/h3-7,13-14,17H,8-11H2,1-2H3. The smallest absolute Gasteiger partial charge is 0.227 e. The highest BCUT2D eigenvalue weighted by atomic mass is 16.2. The average Bonchev–Trinajstić information content (AvgIpc) is 2.93. The molecule has 2 atom stereocenters. The van der Waals surface area contributed by atoms with E-state index in [1.807, 2.05) is 30.3 Å². The fraction of sp³-hybridized carbons (Fsp3) is 0.562. The van der Waals surface area contributed by atoms with Gasteiger partial charge in [-0.05, 0) is 31.2 Å². The van der Waals surface area contributed by atoms with Crippen LogP contribution >= 0.6 is 0 Å². The molecule has 2 aliphatic heterocycles. The first-order valence-corrected chi connectivity index (χ1v) is 7.14. The van der Waals surface area contributed by atoms with E-state index in [1.54, 1.807) is 0 Å². The molecule has 19 heavy (non-hydrogen) atoms. The van der Waals surface area contributed by atoms with E-state index in [2.05, 4.69) is 24.1 Å². The third-order valence-corrected chi connectivity index (χ3v) is 4.86. The second-order valence-corrected chi connectivity index (χ2v) is 6.35. The molecule has 0 saturated carbocycles. The highest BCUT2D eigenvalue weighted by Crippen LogP contribution is 2.40. The van der Waals surface area contributed by atoms with Crippen molar-refractivity contribution in [3.05, 3.63) is 35.9 Å². The summed E-state index contributed by atoms with van der Waals surface area (Å²) in [6.45, 7) is 7.45. The van der Waals surface area contributed by atoms with Crippen molar-refractivity contribution < 1.29 is 4.79 Å². The summed E-state index contributed by atoms with van der Waals surface area (Å²) in [5, 5.41) is 3.45. The van der Waals surface area contributed by atoms with Gasteiger partial charge in [-0.1, -0.05) is 30.3 Å². The van der Waals surface area contributed by atoms with Gasteiger partial charge in [0.1, 0.15) is 0 Å². The minimum Gasteiger partial charge on any atom is -0.337 e. The van der Waals surface area contributed by atoms with Crippen molar-refractivity contribution in [2.75, 3.05) is 19.6 Å². The Hall–Kier alpha value is -1.35. The molecule has 0 spiro atoms. The number of benzene rings is 1. The summed E-state index contributed by atoms with van der Waals surface area (Å²) < 4.78 is 0. The lowest BCUT2D eigenvalue weighted by atomic mass is 9.85. The molecule has 102 valence electrons. The van der Waals surface area contributed by atoms with E-state index in [1.165, 1.54) is 0 Å². The molecule has 0 aromatic heterocycles. The highest BCUT2D eigenvalue weighted by Gasteiger charge is 2.50. The summed E-state index contributed by atoms with van der Waals surface area (Å²) in [7, 11) is 0. The zero-order valence-electron chi connectivity index (χ0n) is 11.7. The first kappa shape index (κ1) is 12.7. The minimum atomic E-state index is -0.0139. The maximum Gasteiger partial charge on any atom is 0.227 e. The maximum atomic E-state index is 12.6. The van der Waals surface area contributed by atoms with Gasteiger partial charge in [0, 0.05) is 25.2 Å². The molecule has 2 aliphatic rings. The third-order valence-electron chi connectivity index (χ3n) is 4.86. The molecule has 0 aliphatic carbocycles. The zero-order valence-corrected chi connectivity index (χ0v) is 11.7. The number of hydrogen-bond donors (Lipinski definition) is 1. The summed E-state index contributed by atoms with van der Waals surface area (Å²) in [6, 6.07) is 10.0. The van der Waals surface area contributed by atoms with Gasteiger partial charge < -0.3 is 10.2 Å². The Labute approximate surface area is 115 Å². The van der Waals surface area contributed by atoms with Crippen molar-refractivity contribution in [1.29, 1.82) is 0 Å². The van der Waals surface area contributed by atoms with Crippen LogP contribution in [0.5, 0.6) is 0 Å². The van der Waals surface area contributed by atoms with Crippen LogP contribution in [0.4, 0.5) is 0 Å². The van der Waals surface area contributed by atoms with E-state index in [9.17, 15) is 4.79 Å². The van der Waals surface area contributed by atoms with Crippen LogP contribution in [-0.4, -0.2) is 36.0 Å². The predicted octanol–water partition coefficient (Wildman–Crippen LogP) is 1.69. The van der Waals surface area contributed by atoms with Crippen LogP contribution in [0.3, 0.4) is 0 Å². The van der Waals surface area contributed by atoms with Crippen LogP contribution in [0.25, 0.3) is 0 Å². The molecule has 2 saturated heterocycles. The van der Waals surface area contributed by atoms with Gasteiger partial charge in [0.25, 0.3) is 0 Å². The van der Waals surface area contributed by atoms with E-state index in [-0.39, 0.29) is 11.4 Å². The van der Waals surface area contributed by atoms with E-state index in [0.717, 1.165) is 25.2 Å². The Balaban J connectivity index is 1.74. The zero-order chi connectivity index (χ0) is 13.5. The van der Waals surface area contributed by atoms with Crippen molar-refractivity contribution in [3.63, 3.8) is 0 Å². The predicted molar refractivity (Wildman–Crippen MR) is 75.8 cm³/mol. The van der Waals surface area contributed by atoms with Crippen LogP contribution in [-0.2, 0) is 11.2 Å². The number of rotatable bonds is 2. The molecule has 1 amide bonds. The number of hydrogen-bond acceptors (Lipinski definition) is 2. The summed E-state index contributed by atoms with van der Waals surface area (Å²) >= 11 is 0. The molecule has 0 bridgehead atoms. The largest absolute Gasteiger partial charge is 0.337 e. The first-order valence-electron chi connectivity index (χ1n) is 7.14. The minimum absolute atomic E-state index is 0.0139. The molecule has 1 aromatic carbocycles. The topological polar surface area (TPSA) is 32.3 Å². The molecular formula is C16H22N2O. The fourth-order valence-corrected chi connectivity index (χ4v) is 3.71. The summed E-state index contributed by atoms with van der Waals surface area (Å²) in [5.74, 6) is 1.51. The molecule has 2 unspecified atom stereocenters. The number of nitrogens with zero attached hydrogens (tertiary/aromatic N) is 1. The third kappa shape index (κ3) is 2.16. The number of fused-ring (bicyclic) bond motifs is 1. The summed E-state index contributed by atoms with van der Waals surface area (Å²) in [6.07, 6.45) is 0.525. The van der Waals surface area contributed by atoms with E-state index < -0.39 is 0 Å². The highest BCUT2D eigenvalue weighted by molar-refractivity contribution is 5.80. The van der Waals surface area contributed by atoms with Crippen molar-refractivity contribution in [1.82, 2.24) is 10.2 Å². The number of carbonyl (C=O) groups is 1. The molecule has 1 N–H and O–H groups in total. The second-order valence-electron chi connectivity index (χ2n) is 6.35. The van der Waals surface area contributed by atoms with Crippen molar-refractivity contribution >= 4 is 5.91 Å². The summed E-state index contributed by atoms with van der Waals surface area (Å²) in [4.78, 5) is 14.7. The van der Waals surface area contributed by atoms with Crippen LogP contribution in [0.15, 0.2) is 30.3 Å². The lowest BCUT2D eigenvalue weighted by Crippen LogP contribution is -2.48. The lowest BCUT2D eigenvalue weighted by molar-refractivity contribution is -0.134. The number of nitrogens with one attached hydrogen (secondary N) is 1. The van der Waals surface area contributed by atoms with E-state index in [4.69, 9.17) is 0 Å². The molecule has 0 radical (unpaired) electrons. The molecule has 2 heterocycles. The Morgan fingerprint density at radius 2 is 2.05 bits per heavy atom. The molecule has 2 fully saturated rings. The monoisotopic (exact) mass is 258 g/mol. The summed E-state index contributed by atoms with van der Waals surface area (Å²) in [5.41, 5.74) is 1.10. The Morgan fingerprint density at radius 1 is 1.32 bits per heavy atom. The number of carbonyl (C=O) groups excluding carboxylic acids is 1. The van der Waals surface area contributed by atoms with Crippen molar-refractivity contribution in [2.45, 2.75) is 25.8 Å². The molecule has 3 rings (SSSR count). The first-order chi connectivity index (χ1) is 9.09. The van der Waals surface area contributed by atoms with Gasteiger partial charge in [0.2, 0.25) is 5.91 Å². The Morgan fingerprint density at radius 3 is 2.74 bits per heavy atom. The van der Waals surface area contributed by atoms with Crippen LogP contribution in [0.2, 0.25) is 0 Å². The van der Waals surface area contributed by atoms with Crippen molar-refractivity contribution in [2.24, 2.45) is 11.8 Å². The molecular weight excluding hydrogens is 236 g/mol. The van der Waals surface area contributed by atoms with E-state index >= 15 is 0 Å². The average molecular weight is 258 g/mol. The number of amides is 1. The SMILES string of the molecule is CC1(C)C2CNCC2CN1C(=O)Cc1ccccc1. The van der Waals surface area contributed by atoms with Gasteiger partial charge in [0.15, 0.2) is 0 Å². The second kappa shape index (κ2) is 4.64. The van der Waals surface area contributed by atoms with Crippen LogP contribution < -0.4 is 5.32 Å². The normalized spacial score (nSPS) is 28.4. The molecule has 3 nitrogen and oxygen atoms in total. The van der Waals surface area contributed by atoms with Gasteiger partial charge in [-0.25, -0.2) is 0 Å². The Kier molecular flexibility index (Phi) is 3.09. The van der Waals surface area contributed by atoms with Crippen LogP contribution in [0, 0.1) is 11.8 Å². The van der Waals surface area contributed by atoms with Gasteiger partial charge in [-0.15, -0.1) is 0 Å². The molecule has 1 aromatic rings. The van der Waals surface area contributed by atoms with Gasteiger partial charge >= 0.3 is 0 Å². The lowest BCUT2D eigenvalue weighted by Gasteiger charge is -2.35. The fourth-order valence-electron chi connectivity index (χ4n) is 3.71. The maximum absolute atomic E-state index is 12.6. The van der Waals surface area contributed by atoms with Gasteiger partial charge in [0.05, 0.1) is 6.42 Å². The number of likely N-dealkylation sites (tertiary alicyclic amines) is 1. The van der Waals surface area contributed by atoms with E-state index in [0.29, 0.717) is 18.3 Å². The van der Waals surface area contributed by atoms with Crippen molar-refractivity contribution in [3.8, 4) is 0 Å². The molecule has 3 heteroatoms. The Bertz CT molecular complexity index is 469. The quantitative estimate of drug-likeness (QED) is 0.875. The van der Waals surface area contributed by atoms with Gasteiger partial charge in [-0.2, -0.15) is 0 Å². The van der Waals surface area contributed by atoms with Crippen LogP contribution in [0.1, 0.15) is 19.4 Å². The van der Waals surface area contributed by atoms with Gasteiger partial charge in [-0.3, -0.25) is 4.79 Å².